The molecule has 1 amide bonds. The lowest BCUT2D eigenvalue weighted by atomic mass is 10.2. The molecule has 84 valence electrons. The topological polar surface area (TPSA) is 32.7 Å². The van der Waals surface area contributed by atoms with E-state index in [9.17, 15) is 9.18 Å². The standard InChI is InChI=1S/C12H13FN2O/c1-2-11-7-12(16)15(14-11)8-9-3-5-10(13)6-4-9/h3-6H,2,7-8H2,1H3. The van der Waals surface area contributed by atoms with Gasteiger partial charge < -0.3 is 0 Å². The van der Waals surface area contributed by atoms with Gasteiger partial charge in [0.1, 0.15) is 5.82 Å². The minimum atomic E-state index is -0.269. The van der Waals surface area contributed by atoms with Crippen LogP contribution in [-0.2, 0) is 11.3 Å². The summed E-state index contributed by atoms with van der Waals surface area (Å²) in [5, 5.41) is 5.66. The highest BCUT2D eigenvalue weighted by atomic mass is 19.1. The Morgan fingerprint density at radius 1 is 1.38 bits per heavy atom. The van der Waals surface area contributed by atoms with Gasteiger partial charge in [0, 0.05) is 5.71 Å². The van der Waals surface area contributed by atoms with Gasteiger partial charge >= 0.3 is 0 Å². The van der Waals surface area contributed by atoms with Crippen molar-refractivity contribution in [3.05, 3.63) is 35.6 Å². The summed E-state index contributed by atoms with van der Waals surface area (Å²) in [6, 6.07) is 6.12. The lowest BCUT2D eigenvalue weighted by Gasteiger charge is -2.11. The molecule has 0 saturated carbocycles. The molecule has 1 aliphatic rings. The SMILES string of the molecule is CCC1=NN(Cc2ccc(F)cc2)C(=O)C1. The molecular formula is C12H13FN2O. The largest absolute Gasteiger partial charge is 0.273 e. The second-order valence-electron chi connectivity index (χ2n) is 3.77. The van der Waals surface area contributed by atoms with E-state index < -0.39 is 0 Å². The van der Waals surface area contributed by atoms with Crippen molar-refractivity contribution in [2.45, 2.75) is 26.3 Å². The highest BCUT2D eigenvalue weighted by Crippen LogP contribution is 2.14. The highest BCUT2D eigenvalue weighted by Gasteiger charge is 2.22. The van der Waals surface area contributed by atoms with E-state index in [1.165, 1.54) is 17.1 Å². The molecule has 0 bridgehead atoms. The molecule has 1 aromatic carbocycles. The minimum Gasteiger partial charge on any atom is -0.273 e. The van der Waals surface area contributed by atoms with E-state index in [1.807, 2.05) is 6.92 Å². The Kier molecular flexibility index (Phi) is 2.99. The number of hydrogen-bond acceptors (Lipinski definition) is 2. The van der Waals surface area contributed by atoms with Crippen LogP contribution in [0.2, 0.25) is 0 Å². The van der Waals surface area contributed by atoms with Gasteiger partial charge in [-0.2, -0.15) is 5.10 Å². The average molecular weight is 220 g/mol. The highest BCUT2D eigenvalue weighted by molar-refractivity contribution is 6.04. The van der Waals surface area contributed by atoms with Crippen LogP contribution < -0.4 is 0 Å². The number of nitrogens with zero attached hydrogens (tertiary/aromatic N) is 2. The number of benzene rings is 1. The van der Waals surface area contributed by atoms with Crippen LogP contribution in [0.5, 0.6) is 0 Å². The molecular weight excluding hydrogens is 207 g/mol. The summed E-state index contributed by atoms with van der Waals surface area (Å²) in [6.45, 7) is 2.40. The number of carbonyl (C=O) groups is 1. The fourth-order valence-corrected chi connectivity index (χ4v) is 1.61. The summed E-state index contributed by atoms with van der Waals surface area (Å²) in [4.78, 5) is 11.6. The molecule has 3 nitrogen and oxygen atoms in total. The zero-order valence-corrected chi connectivity index (χ0v) is 9.11. The van der Waals surface area contributed by atoms with E-state index in [-0.39, 0.29) is 11.7 Å². The smallest absolute Gasteiger partial charge is 0.248 e. The molecule has 0 aromatic heterocycles. The van der Waals surface area contributed by atoms with E-state index in [2.05, 4.69) is 5.10 Å². The number of amides is 1. The Balaban J connectivity index is 2.07. The molecule has 0 N–H and O–H groups in total. The Hall–Kier alpha value is -1.71. The van der Waals surface area contributed by atoms with Crippen LogP contribution in [-0.4, -0.2) is 16.6 Å². The summed E-state index contributed by atoms with van der Waals surface area (Å²) >= 11 is 0. The first-order valence-corrected chi connectivity index (χ1v) is 5.30. The van der Waals surface area contributed by atoms with Gasteiger partial charge in [0.15, 0.2) is 0 Å². The lowest BCUT2D eigenvalue weighted by Crippen LogP contribution is -2.19. The monoisotopic (exact) mass is 220 g/mol. The van der Waals surface area contributed by atoms with Crippen LogP contribution in [0.3, 0.4) is 0 Å². The van der Waals surface area contributed by atoms with Crippen molar-refractivity contribution in [3.63, 3.8) is 0 Å². The first-order valence-electron chi connectivity index (χ1n) is 5.30. The van der Waals surface area contributed by atoms with Gasteiger partial charge in [-0.15, -0.1) is 0 Å². The molecule has 0 aliphatic carbocycles. The van der Waals surface area contributed by atoms with Crippen LogP contribution in [0.25, 0.3) is 0 Å². The molecule has 0 radical (unpaired) electrons. The molecule has 0 saturated heterocycles. The van der Waals surface area contributed by atoms with Crippen LogP contribution in [0.15, 0.2) is 29.4 Å². The third-order valence-corrected chi connectivity index (χ3v) is 2.56. The van der Waals surface area contributed by atoms with Crippen molar-refractivity contribution in [2.24, 2.45) is 5.10 Å². The zero-order valence-electron chi connectivity index (χ0n) is 9.11. The Morgan fingerprint density at radius 3 is 2.62 bits per heavy atom. The van der Waals surface area contributed by atoms with E-state index in [4.69, 9.17) is 0 Å². The van der Waals surface area contributed by atoms with Gasteiger partial charge in [-0.3, -0.25) is 4.79 Å². The second kappa shape index (κ2) is 4.43. The van der Waals surface area contributed by atoms with Crippen LogP contribution in [0, 0.1) is 5.82 Å². The van der Waals surface area contributed by atoms with Crippen molar-refractivity contribution < 1.29 is 9.18 Å². The first-order chi connectivity index (χ1) is 7.69. The van der Waals surface area contributed by atoms with Gasteiger partial charge in [-0.25, -0.2) is 9.40 Å². The van der Waals surface area contributed by atoms with Crippen LogP contribution >= 0.6 is 0 Å². The minimum absolute atomic E-state index is 0.0150. The summed E-state index contributed by atoms with van der Waals surface area (Å²) in [7, 11) is 0. The van der Waals surface area contributed by atoms with Gasteiger partial charge in [0.05, 0.1) is 13.0 Å². The molecule has 0 fully saturated rings. The molecule has 16 heavy (non-hydrogen) atoms. The molecule has 0 unspecified atom stereocenters. The second-order valence-corrected chi connectivity index (χ2v) is 3.77. The number of halogens is 1. The predicted octanol–water partition coefficient (Wildman–Crippen LogP) is 2.32. The van der Waals surface area contributed by atoms with Crippen LogP contribution in [0.1, 0.15) is 25.3 Å². The fourth-order valence-electron chi connectivity index (χ4n) is 1.61. The number of carbonyl (C=O) groups excluding carboxylic acids is 1. The fraction of sp³-hybridized carbons (Fsp3) is 0.333. The van der Waals surface area contributed by atoms with Crippen molar-refractivity contribution >= 4 is 11.6 Å². The van der Waals surface area contributed by atoms with E-state index in [1.54, 1.807) is 12.1 Å². The lowest BCUT2D eigenvalue weighted by molar-refractivity contribution is -0.129. The van der Waals surface area contributed by atoms with E-state index >= 15 is 0 Å². The number of hydrogen-bond donors (Lipinski definition) is 0. The normalized spacial score (nSPS) is 15.5. The maximum Gasteiger partial charge on any atom is 0.248 e. The zero-order chi connectivity index (χ0) is 11.5. The van der Waals surface area contributed by atoms with Crippen LogP contribution in [0.4, 0.5) is 4.39 Å². The van der Waals surface area contributed by atoms with Gasteiger partial charge in [-0.1, -0.05) is 19.1 Å². The summed E-state index contributed by atoms with van der Waals surface area (Å²) in [5.41, 5.74) is 1.79. The predicted molar refractivity (Wildman–Crippen MR) is 59.3 cm³/mol. The molecule has 0 atom stereocenters. The summed E-state index contributed by atoms with van der Waals surface area (Å²) < 4.78 is 12.7. The molecule has 1 aromatic rings. The molecule has 1 aliphatic heterocycles. The molecule has 1 heterocycles. The first kappa shape index (κ1) is 10.8. The Bertz CT molecular complexity index is 425. The third-order valence-electron chi connectivity index (χ3n) is 2.56. The van der Waals surface area contributed by atoms with Crippen molar-refractivity contribution in [2.75, 3.05) is 0 Å². The molecule has 4 heteroatoms. The van der Waals surface area contributed by atoms with Gasteiger partial charge in [-0.05, 0) is 24.1 Å². The summed E-state index contributed by atoms with van der Waals surface area (Å²) in [6.07, 6.45) is 1.21. The maximum atomic E-state index is 12.7. The molecule has 2 rings (SSSR count). The third kappa shape index (κ3) is 2.27. The van der Waals surface area contributed by atoms with Crippen molar-refractivity contribution in [1.29, 1.82) is 0 Å². The van der Waals surface area contributed by atoms with Crippen molar-refractivity contribution in [1.82, 2.24) is 5.01 Å². The molecule has 0 spiro atoms. The summed E-state index contributed by atoms with van der Waals surface area (Å²) in [5.74, 6) is -0.254. The van der Waals surface area contributed by atoms with Gasteiger partial charge in [0.25, 0.3) is 0 Å². The average Bonchev–Trinajstić information content (AvgIpc) is 2.63. The Labute approximate surface area is 93.6 Å². The van der Waals surface area contributed by atoms with E-state index in [0.29, 0.717) is 13.0 Å². The number of hydrazone groups is 1. The van der Waals surface area contributed by atoms with Gasteiger partial charge in [0.2, 0.25) is 5.91 Å². The number of rotatable bonds is 3. The Morgan fingerprint density at radius 2 is 2.06 bits per heavy atom. The maximum absolute atomic E-state index is 12.7. The quantitative estimate of drug-likeness (QED) is 0.769. The van der Waals surface area contributed by atoms with E-state index in [0.717, 1.165) is 17.7 Å². The van der Waals surface area contributed by atoms with Crippen molar-refractivity contribution in [3.8, 4) is 0 Å².